The molecule has 0 heterocycles. The predicted molar refractivity (Wildman–Crippen MR) is 116 cm³/mol. The molecule has 1 amide bonds. The quantitative estimate of drug-likeness (QED) is 0.506. The Hall–Kier alpha value is -2.58. The van der Waals surface area contributed by atoms with Crippen LogP contribution in [0, 0.1) is 6.92 Å². The van der Waals surface area contributed by atoms with Crippen molar-refractivity contribution in [3.8, 4) is 5.75 Å². The summed E-state index contributed by atoms with van der Waals surface area (Å²) >= 11 is 6.08. The van der Waals surface area contributed by atoms with Crippen molar-refractivity contribution < 1.29 is 17.9 Å². The summed E-state index contributed by atoms with van der Waals surface area (Å²) in [5.41, 5.74) is 4.02. The van der Waals surface area contributed by atoms with Gasteiger partial charge in [0.2, 0.25) is 10.0 Å². The smallest absolute Gasteiger partial charge is 0.260 e. The highest BCUT2D eigenvalue weighted by Crippen LogP contribution is 2.27. The van der Waals surface area contributed by atoms with Crippen molar-refractivity contribution in [3.05, 3.63) is 58.6 Å². The van der Waals surface area contributed by atoms with Crippen LogP contribution in [-0.4, -0.2) is 39.4 Å². The predicted octanol–water partition coefficient (Wildman–Crippen LogP) is 3.35. The van der Waals surface area contributed by atoms with E-state index in [0.717, 1.165) is 21.9 Å². The lowest BCUT2D eigenvalue weighted by molar-refractivity contribution is -0.119. The molecule has 2 aromatic rings. The van der Waals surface area contributed by atoms with E-state index in [9.17, 15) is 13.2 Å². The number of sulfonamides is 1. The molecule has 2 aromatic carbocycles. The largest absolute Gasteiger partial charge is 0.491 e. The Labute approximate surface area is 176 Å². The van der Waals surface area contributed by atoms with Gasteiger partial charge in [-0.3, -0.25) is 9.10 Å². The lowest BCUT2D eigenvalue weighted by atomic mass is 10.2. The van der Waals surface area contributed by atoms with Crippen molar-refractivity contribution >= 4 is 39.4 Å². The Bertz CT molecular complexity index is 989. The Morgan fingerprint density at radius 2 is 1.90 bits per heavy atom. The summed E-state index contributed by atoms with van der Waals surface area (Å²) in [6.45, 7) is 5.16. The number of nitrogens with one attached hydrogen (secondary N) is 1. The van der Waals surface area contributed by atoms with Crippen molar-refractivity contribution in [2.24, 2.45) is 5.10 Å². The number of ether oxygens (including phenoxy) is 1. The number of halogens is 1. The number of hydrazone groups is 1. The van der Waals surface area contributed by atoms with Gasteiger partial charge >= 0.3 is 0 Å². The van der Waals surface area contributed by atoms with Gasteiger partial charge in [0.15, 0.2) is 0 Å². The number of carbonyl (C=O) groups excluding carboxylic acids is 1. The molecule has 0 bridgehead atoms. The lowest BCUT2D eigenvalue weighted by Gasteiger charge is -2.23. The maximum absolute atomic E-state index is 12.3. The minimum absolute atomic E-state index is 0.0785. The minimum Gasteiger partial charge on any atom is -0.491 e. The van der Waals surface area contributed by atoms with E-state index in [1.807, 2.05) is 13.8 Å². The monoisotopic (exact) mass is 437 g/mol. The first-order valence-electron chi connectivity index (χ1n) is 8.89. The fourth-order valence-corrected chi connectivity index (χ4v) is 3.57. The lowest BCUT2D eigenvalue weighted by Crippen LogP contribution is -2.39. The van der Waals surface area contributed by atoms with E-state index in [2.05, 4.69) is 10.5 Å². The summed E-state index contributed by atoms with van der Waals surface area (Å²) in [4.78, 5) is 12.3. The van der Waals surface area contributed by atoms with Gasteiger partial charge in [-0.05, 0) is 68.3 Å². The first-order valence-corrected chi connectivity index (χ1v) is 11.1. The second-order valence-electron chi connectivity index (χ2n) is 6.68. The van der Waals surface area contributed by atoms with E-state index in [4.69, 9.17) is 16.3 Å². The molecule has 0 aliphatic rings. The number of hydrogen-bond donors (Lipinski definition) is 1. The van der Waals surface area contributed by atoms with E-state index in [0.29, 0.717) is 16.3 Å². The molecule has 2 rings (SSSR count). The highest BCUT2D eigenvalue weighted by Gasteiger charge is 2.22. The Balaban J connectivity index is 2.05. The van der Waals surface area contributed by atoms with Gasteiger partial charge in [0.1, 0.15) is 12.3 Å². The molecule has 0 fully saturated rings. The van der Waals surface area contributed by atoms with Crippen molar-refractivity contribution in [2.45, 2.75) is 26.9 Å². The number of benzene rings is 2. The third kappa shape index (κ3) is 6.76. The molecule has 0 aromatic heterocycles. The molecule has 0 aliphatic carbocycles. The molecule has 7 nitrogen and oxygen atoms in total. The second kappa shape index (κ2) is 9.76. The topological polar surface area (TPSA) is 88.1 Å². The van der Waals surface area contributed by atoms with E-state index in [1.54, 1.807) is 49.4 Å². The van der Waals surface area contributed by atoms with Gasteiger partial charge in [-0.2, -0.15) is 5.10 Å². The zero-order valence-corrected chi connectivity index (χ0v) is 18.3. The van der Waals surface area contributed by atoms with E-state index in [1.165, 1.54) is 6.21 Å². The molecule has 29 heavy (non-hydrogen) atoms. The molecular formula is C20H24ClN3O4S. The van der Waals surface area contributed by atoms with E-state index in [-0.39, 0.29) is 6.10 Å². The number of anilines is 1. The van der Waals surface area contributed by atoms with E-state index >= 15 is 0 Å². The third-order valence-corrected chi connectivity index (χ3v) is 5.39. The Morgan fingerprint density at radius 3 is 2.48 bits per heavy atom. The fourth-order valence-electron chi connectivity index (χ4n) is 2.50. The summed E-state index contributed by atoms with van der Waals surface area (Å²) < 4.78 is 30.9. The zero-order chi connectivity index (χ0) is 21.6. The van der Waals surface area contributed by atoms with Crippen LogP contribution in [0.25, 0.3) is 0 Å². The second-order valence-corrected chi connectivity index (χ2v) is 9.00. The molecule has 0 atom stereocenters. The van der Waals surface area contributed by atoms with Crippen LogP contribution in [0.2, 0.25) is 5.02 Å². The normalized spacial score (nSPS) is 11.7. The van der Waals surface area contributed by atoms with Crippen LogP contribution in [0.15, 0.2) is 47.6 Å². The molecule has 0 aliphatic heterocycles. The molecule has 0 radical (unpaired) electrons. The summed E-state index contributed by atoms with van der Waals surface area (Å²) in [5.74, 6) is 0.160. The molecular weight excluding hydrogens is 414 g/mol. The number of carbonyl (C=O) groups is 1. The van der Waals surface area contributed by atoms with Gasteiger partial charge in [-0.1, -0.05) is 17.7 Å². The SMILES string of the molecule is Cc1c(Cl)cccc1N(CC(=O)N/N=C\c1ccc(OC(C)C)cc1)S(C)(=O)=O. The van der Waals surface area contributed by atoms with Gasteiger partial charge in [0.25, 0.3) is 5.91 Å². The molecule has 1 N–H and O–H groups in total. The van der Waals surface area contributed by atoms with Gasteiger partial charge < -0.3 is 4.74 Å². The Kier molecular flexibility index (Phi) is 7.64. The summed E-state index contributed by atoms with van der Waals surface area (Å²) in [5, 5.41) is 4.30. The summed E-state index contributed by atoms with van der Waals surface area (Å²) in [7, 11) is -3.70. The maximum atomic E-state index is 12.3. The molecule has 156 valence electrons. The van der Waals surface area contributed by atoms with Gasteiger partial charge in [-0.15, -0.1) is 0 Å². The van der Waals surface area contributed by atoms with Crippen molar-refractivity contribution in [1.82, 2.24) is 5.43 Å². The van der Waals surface area contributed by atoms with Crippen LogP contribution in [0.5, 0.6) is 5.75 Å². The average molecular weight is 438 g/mol. The third-order valence-electron chi connectivity index (χ3n) is 3.85. The van der Waals surface area contributed by atoms with Crippen LogP contribution in [-0.2, 0) is 14.8 Å². The van der Waals surface area contributed by atoms with Crippen LogP contribution in [0.4, 0.5) is 5.69 Å². The average Bonchev–Trinajstić information content (AvgIpc) is 2.62. The van der Waals surface area contributed by atoms with Crippen molar-refractivity contribution in [1.29, 1.82) is 0 Å². The van der Waals surface area contributed by atoms with Crippen LogP contribution < -0.4 is 14.5 Å². The van der Waals surface area contributed by atoms with Gasteiger partial charge in [0, 0.05) is 5.02 Å². The first kappa shape index (κ1) is 22.7. The van der Waals surface area contributed by atoms with Gasteiger partial charge in [0.05, 0.1) is 24.3 Å². The summed E-state index contributed by atoms with van der Waals surface area (Å²) in [6, 6.07) is 12.1. The zero-order valence-electron chi connectivity index (χ0n) is 16.7. The van der Waals surface area contributed by atoms with Crippen LogP contribution in [0.3, 0.4) is 0 Å². The highest BCUT2D eigenvalue weighted by molar-refractivity contribution is 7.92. The van der Waals surface area contributed by atoms with Crippen LogP contribution in [0.1, 0.15) is 25.0 Å². The number of amides is 1. The molecule has 0 unspecified atom stereocenters. The van der Waals surface area contributed by atoms with Crippen LogP contribution >= 0.6 is 11.6 Å². The standard InChI is InChI=1S/C20H24ClN3O4S/c1-14(2)28-17-10-8-16(9-11-17)12-22-23-20(25)13-24(29(4,26)27)19-7-5-6-18(21)15(19)3/h5-12,14H,13H2,1-4H3,(H,23,25)/b22-12-. The number of nitrogens with zero attached hydrogens (tertiary/aromatic N) is 2. The van der Waals surface area contributed by atoms with Crippen molar-refractivity contribution in [2.75, 3.05) is 17.1 Å². The Morgan fingerprint density at radius 1 is 1.24 bits per heavy atom. The van der Waals surface area contributed by atoms with Crippen molar-refractivity contribution in [3.63, 3.8) is 0 Å². The molecule has 0 saturated carbocycles. The van der Waals surface area contributed by atoms with E-state index < -0.39 is 22.5 Å². The van der Waals surface area contributed by atoms with Gasteiger partial charge in [-0.25, -0.2) is 13.8 Å². The highest BCUT2D eigenvalue weighted by atomic mass is 35.5. The molecule has 0 spiro atoms. The number of hydrogen-bond acceptors (Lipinski definition) is 5. The minimum atomic E-state index is -3.70. The number of rotatable bonds is 8. The molecule has 9 heteroatoms. The first-order chi connectivity index (χ1) is 13.6. The molecule has 0 saturated heterocycles. The maximum Gasteiger partial charge on any atom is 0.260 e. The summed E-state index contributed by atoms with van der Waals surface area (Å²) in [6.07, 6.45) is 2.58. The fraction of sp³-hybridized carbons (Fsp3) is 0.300.